The Bertz CT molecular complexity index is 451. The maximum Gasteiger partial charge on any atom is 0.407 e. The monoisotopic (exact) mass is 310 g/mol. The van der Waals surface area contributed by atoms with Crippen molar-refractivity contribution in [2.75, 3.05) is 6.54 Å². The lowest BCUT2D eigenvalue weighted by molar-refractivity contribution is 0.0506. The molecule has 1 unspecified atom stereocenters. The fourth-order valence-electron chi connectivity index (χ4n) is 2.04. The second-order valence-electron chi connectivity index (χ2n) is 6.56. The van der Waals surface area contributed by atoms with Gasteiger partial charge in [-0.2, -0.15) is 5.10 Å². The molecule has 0 bridgehead atoms. The van der Waals surface area contributed by atoms with E-state index >= 15 is 0 Å². The standard InChI is InChI=1S/C16H30N4O2/c1-6-11-20-14(8-10-18-20)12-17-9-7-13(2)19-15(21)22-16(3,4)5/h8,10,13,17H,6-7,9,11-12H2,1-5H3,(H,19,21). The Kier molecular flexibility index (Phi) is 7.38. The number of ether oxygens (including phenoxy) is 1. The molecule has 0 fully saturated rings. The normalized spacial score (nSPS) is 13.0. The van der Waals surface area contributed by atoms with E-state index in [2.05, 4.69) is 22.7 Å². The van der Waals surface area contributed by atoms with Crippen LogP contribution in [-0.2, 0) is 17.8 Å². The van der Waals surface area contributed by atoms with Crippen LogP contribution in [0.3, 0.4) is 0 Å². The molecule has 1 aromatic rings. The molecule has 2 N–H and O–H groups in total. The third-order valence-electron chi connectivity index (χ3n) is 3.06. The summed E-state index contributed by atoms with van der Waals surface area (Å²) in [6.07, 6.45) is 3.40. The number of rotatable bonds is 8. The first-order valence-corrected chi connectivity index (χ1v) is 8.02. The van der Waals surface area contributed by atoms with Crippen molar-refractivity contribution in [3.8, 4) is 0 Å². The van der Waals surface area contributed by atoms with Crippen molar-refractivity contribution in [1.82, 2.24) is 20.4 Å². The molecular formula is C16H30N4O2. The second kappa shape index (κ2) is 8.78. The largest absolute Gasteiger partial charge is 0.444 e. The zero-order chi connectivity index (χ0) is 16.6. The molecule has 22 heavy (non-hydrogen) atoms. The molecule has 1 heterocycles. The Morgan fingerprint density at radius 1 is 1.45 bits per heavy atom. The number of nitrogens with zero attached hydrogens (tertiary/aromatic N) is 2. The SMILES string of the molecule is CCCn1nccc1CNCCC(C)NC(=O)OC(C)(C)C. The van der Waals surface area contributed by atoms with Gasteiger partial charge in [0, 0.05) is 25.3 Å². The Morgan fingerprint density at radius 3 is 2.82 bits per heavy atom. The van der Waals surface area contributed by atoms with Crippen LogP contribution in [0.4, 0.5) is 4.79 Å². The van der Waals surface area contributed by atoms with Crippen LogP contribution in [0.25, 0.3) is 0 Å². The van der Waals surface area contributed by atoms with Crippen LogP contribution in [0.15, 0.2) is 12.3 Å². The van der Waals surface area contributed by atoms with Gasteiger partial charge in [0.1, 0.15) is 5.60 Å². The molecule has 0 radical (unpaired) electrons. The summed E-state index contributed by atoms with van der Waals surface area (Å²) in [7, 11) is 0. The first-order valence-electron chi connectivity index (χ1n) is 8.02. The minimum atomic E-state index is -0.459. The van der Waals surface area contributed by atoms with Gasteiger partial charge < -0.3 is 15.4 Å². The highest BCUT2D eigenvalue weighted by molar-refractivity contribution is 5.67. The van der Waals surface area contributed by atoms with Crippen LogP contribution in [-0.4, -0.2) is 34.1 Å². The molecule has 0 aliphatic rings. The molecule has 0 spiro atoms. The molecule has 0 saturated carbocycles. The molecular weight excluding hydrogens is 280 g/mol. The van der Waals surface area contributed by atoms with E-state index in [4.69, 9.17) is 4.74 Å². The van der Waals surface area contributed by atoms with Crippen LogP contribution < -0.4 is 10.6 Å². The van der Waals surface area contributed by atoms with Crippen LogP contribution in [0.2, 0.25) is 0 Å². The Balaban J connectivity index is 2.21. The van der Waals surface area contributed by atoms with Gasteiger partial charge in [-0.05, 0) is 53.1 Å². The van der Waals surface area contributed by atoms with E-state index in [0.717, 1.165) is 32.5 Å². The quantitative estimate of drug-likeness (QED) is 0.724. The van der Waals surface area contributed by atoms with Gasteiger partial charge in [-0.25, -0.2) is 4.79 Å². The lowest BCUT2D eigenvalue weighted by Crippen LogP contribution is -2.38. The summed E-state index contributed by atoms with van der Waals surface area (Å²) < 4.78 is 7.26. The van der Waals surface area contributed by atoms with E-state index in [0.29, 0.717) is 0 Å². The summed E-state index contributed by atoms with van der Waals surface area (Å²) in [6.45, 7) is 12.3. The fourth-order valence-corrected chi connectivity index (χ4v) is 2.04. The minimum Gasteiger partial charge on any atom is -0.444 e. The van der Waals surface area contributed by atoms with Gasteiger partial charge in [0.25, 0.3) is 0 Å². The predicted octanol–water partition coefficient (Wildman–Crippen LogP) is 2.69. The highest BCUT2D eigenvalue weighted by Crippen LogP contribution is 2.07. The van der Waals surface area contributed by atoms with Gasteiger partial charge in [0.2, 0.25) is 0 Å². The van der Waals surface area contributed by atoms with E-state index < -0.39 is 5.60 Å². The summed E-state index contributed by atoms with van der Waals surface area (Å²) in [4.78, 5) is 11.6. The van der Waals surface area contributed by atoms with Crippen molar-refractivity contribution in [3.05, 3.63) is 18.0 Å². The molecule has 0 aromatic carbocycles. The zero-order valence-corrected chi connectivity index (χ0v) is 14.5. The second-order valence-corrected chi connectivity index (χ2v) is 6.56. The van der Waals surface area contributed by atoms with Crippen LogP contribution in [0, 0.1) is 0 Å². The molecule has 0 saturated heterocycles. The van der Waals surface area contributed by atoms with Crippen LogP contribution in [0.1, 0.15) is 53.2 Å². The predicted molar refractivity (Wildman–Crippen MR) is 87.7 cm³/mol. The van der Waals surface area contributed by atoms with Crippen molar-refractivity contribution in [1.29, 1.82) is 0 Å². The van der Waals surface area contributed by atoms with E-state index in [1.165, 1.54) is 5.69 Å². The van der Waals surface area contributed by atoms with Crippen molar-refractivity contribution >= 4 is 6.09 Å². The van der Waals surface area contributed by atoms with E-state index in [1.54, 1.807) is 0 Å². The number of nitrogens with one attached hydrogen (secondary N) is 2. The minimum absolute atomic E-state index is 0.0721. The van der Waals surface area contributed by atoms with Gasteiger partial charge in [0.05, 0.1) is 5.69 Å². The maximum absolute atomic E-state index is 11.6. The average molecular weight is 310 g/mol. The first kappa shape index (κ1) is 18.5. The third kappa shape index (κ3) is 7.45. The molecule has 126 valence electrons. The Morgan fingerprint density at radius 2 is 2.18 bits per heavy atom. The summed E-state index contributed by atoms with van der Waals surface area (Å²) in [5.74, 6) is 0. The summed E-state index contributed by atoms with van der Waals surface area (Å²) in [5, 5.41) is 10.5. The number of alkyl carbamates (subject to hydrolysis) is 1. The summed E-state index contributed by atoms with van der Waals surface area (Å²) in [6, 6.07) is 2.10. The van der Waals surface area contributed by atoms with Gasteiger partial charge in [0.15, 0.2) is 0 Å². The van der Waals surface area contributed by atoms with Crippen molar-refractivity contribution in [2.24, 2.45) is 0 Å². The Hall–Kier alpha value is -1.56. The van der Waals surface area contributed by atoms with E-state index in [1.807, 2.05) is 44.6 Å². The molecule has 1 amide bonds. The number of hydrogen-bond donors (Lipinski definition) is 2. The molecule has 1 atom stereocenters. The average Bonchev–Trinajstić information content (AvgIpc) is 2.80. The fraction of sp³-hybridized carbons (Fsp3) is 0.750. The first-order chi connectivity index (χ1) is 10.3. The highest BCUT2D eigenvalue weighted by atomic mass is 16.6. The van der Waals surface area contributed by atoms with Gasteiger partial charge in [-0.3, -0.25) is 4.68 Å². The maximum atomic E-state index is 11.6. The van der Waals surface area contributed by atoms with Crippen molar-refractivity contribution in [3.63, 3.8) is 0 Å². The smallest absolute Gasteiger partial charge is 0.407 e. The topological polar surface area (TPSA) is 68.2 Å². The number of aryl methyl sites for hydroxylation is 1. The lowest BCUT2D eigenvalue weighted by Gasteiger charge is -2.22. The van der Waals surface area contributed by atoms with Gasteiger partial charge in [-0.1, -0.05) is 6.92 Å². The lowest BCUT2D eigenvalue weighted by atomic mass is 10.2. The Labute approximate surface area is 133 Å². The van der Waals surface area contributed by atoms with Gasteiger partial charge >= 0.3 is 6.09 Å². The van der Waals surface area contributed by atoms with Gasteiger partial charge in [-0.15, -0.1) is 0 Å². The molecule has 6 nitrogen and oxygen atoms in total. The van der Waals surface area contributed by atoms with Crippen molar-refractivity contribution < 1.29 is 9.53 Å². The van der Waals surface area contributed by atoms with Crippen LogP contribution in [0.5, 0.6) is 0 Å². The summed E-state index contributed by atoms with van der Waals surface area (Å²) >= 11 is 0. The van der Waals surface area contributed by atoms with E-state index in [-0.39, 0.29) is 12.1 Å². The number of amides is 1. The summed E-state index contributed by atoms with van der Waals surface area (Å²) in [5.41, 5.74) is 0.731. The van der Waals surface area contributed by atoms with E-state index in [9.17, 15) is 4.79 Å². The number of aromatic nitrogens is 2. The molecule has 0 aliphatic carbocycles. The van der Waals surface area contributed by atoms with Crippen molar-refractivity contribution in [2.45, 2.75) is 72.2 Å². The number of carbonyl (C=O) groups excluding carboxylic acids is 1. The highest BCUT2D eigenvalue weighted by Gasteiger charge is 2.17. The molecule has 1 aromatic heterocycles. The molecule has 6 heteroatoms. The molecule has 1 rings (SSSR count). The zero-order valence-electron chi connectivity index (χ0n) is 14.5. The molecule has 0 aliphatic heterocycles. The number of carbonyl (C=O) groups is 1. The third-order valence-corrected chi connectivity index (χ3v) is 3.06. The van der Waals surface area contributed by atoms with Crippen LogP contribution >= 0.6 is 0 Å². The number of hydrogen-bond acceptors (Lipinski definition) is 4.